The number of benzene rings is 2. The summed E-state index contributed by atoms with van der Waals surface area (Å²) in [5.41, 5.74) is 2.91. The Kier molecular flexibility index (Phi) is 5.97. The lowest BCUT2D eigenvalue weighted by Gasteiger charge is -2.25. The predicted octanol–water partition coefficient (Wildman–Crippen LogP) is 4.26. The first-order valence-electron chi connectivity index (χ1n) is 9.55. The fourth-order valence-electron chi connectivity index (χ4n) is 3.34. The number of anilines is 1. The van der Waals surface area contributed by atoms with Crippen molar-refractivity contribution in [2.45, 2.75) is 19.5 Å². The minimum Gasteiger partial charge on any atom is -0.298 e. The van der Waals surface area contributed by atoms with E-state index in [0.29, 0.717) is 10.7 Å². The van der Waals surface area contributed by atoms with Crippen molar-refractivity contribution in [2.75, 3.05) is 11.9 Å². The highest BCUT2D eigenvalue weighted by Crippen LogP contribution is 2.29. The number of carbonyl (C=O) groups is 1. The zero-order valence-electron chi connectivity index (χ0n) is 16.2. The number of aromatic nitrogens is 1. The Morgan fingerprint density at radius 3 is 2.87 bits per heavy atom. The Hall–Kier alpha value is -3.36. The number of hydrogen-bond acceptors (Lipinski definition) is 6. The zero-order chi connectivity index (χ0) is 20.9. The molecule has 0 radical (unpaired) electrons. The molecule has 0 atom stereocenters. The number of non-ortho nitro benzene ring substituents is 1. The van der Waals surface area contributed by atoms with Crippen LogP contribution in [0, 0.1) is 10.1 Å². The van der Waals surface area contributed by atoms with Gasteiger partial charge in [-0.1, -0.05) is 42.5 Å². The summed E-state index contributed by atoms with van der Waals surface area (Å²) < 4.78 is 0. The highest BCUT2D eigenvalue weighted by molar-refractivity contribution is 7.15. The van der Waals surface area contributed by atoms with Crippen LogP contribution in [-0.4, -0.2) is 27.3 Å². The van der Waals surface area contributed by atoms with Crippen molar-refractivity contribution in [3.8, 4) is 0 Å². The SMILES string of the molecule is O=C(/C=C/c1cccc([N+](=O)[O-])c1)Nc1nc2c(s1)CN(Cc1ccccc1)CC2. The second-order valence-corrected chi connectivity index (χ2v) is 8.09. The third-order valence-electron chi connectivity index (χ3n) is 4.80. The van der Waals surface area contributed by atoms with Crippen LogP contribution in [0.15, 0.2) is 60.7 Å². The Morgan fingerprint density at radius 1 is 1.23 bits per heavy atom. The molecule has 1 aromatic heterocycles. The number of nitro groups is 1. The zero-order valence-corrected chi connectivity index (χ0v) is 17.0. The molecular weight excluding hydrogens is 400 g/mol. The first-order valence-corrected chi connectivity index (χ1v) is 10.4. The smallest absolute Gasteiger partial charge is 0.270 e. The molecule has 4 rings (SSSR count). The Morgan fingerprint density at radius 2 is 2.07 bits per heavy atom. The number of nitrogens with one attached hydrogen (secondary N) is 1. The molecule has 152 valence electrons. The maximum Gasteiger partial charge on any atom is 0.270 e. The Balaban J connectivity index is 1.37. The topological polar surface area (TPSA) is 88.4 Å². The summed E-state index contributed by atoms with van der Waals surface area (Å²) >= 11 is 1.50. The van der Waals surface area contributed by atoms with Crippen LogP contribution in [0.3, 0.4) is 0 Å². The molecule has 2 heterocycles. The van der Waals surface area contributed by atoms with Crippen molar-refractivity contribution in [1.29, 1.82) is 0 Å². The normalized spacial score (nSPS) is 13.9. The van der Waals surface area contributed by atoms with Crippen molar-refractivity contribution in [1.82, 2.24) is 9.88 Å². The van der Waals surface area contributed by atoms with Crippen molar-refractivity contribution in [3.05, 3.63) is 92.5 Å². The van der Waals surface area contributed by atoms with E-state index in [0.717, 1.165) is 31.7 Å². The molecule has 3 aromatic rings. The van der Waals surface area contributed by atoms with Crippen molar-refractivity contribution in [2.24, 2.45) is 0 Å². The van der Waals surface area contributed by atoms with E-state index in [1.165, 1.54) is 40.0 Å². The van der Waals surface area contributed by atoms with Crippen LogP contribution in [-0.2, 0) is 24.3 Å². The third-order valence-corrected chi connectivity index (χ3v) is 5.80. The van der Waals surface area contributed by atoms with Crippen LogP contribution in [0.5, 0.6) is 0 Å². The van der Waals surface area contributed by atoms with Gasteiger partial charge in [0.1, 0.15) is 0 Å². The van der Waals surface area contributed by atoms with E-state index in [2.05, 4.69) is 27.3 Å². The number of thiazole rings is 1. The van der Waals surface area contributed by atoms with Crippen LogP contribution in [0.25, 0.3) is 6.08 Å². The van der Waals surface area contributed by atoms with Crippen molar-refractivity contribution >= 4 is 34.1 Å². The van der Waals surface area contributed by atoms with Crippen molar-refractivity contribution in [3.63, 3.8) is 0 Å². The maximum atomic E-state index is 12.2. The summed E-state index contributed by atoms with van der Waals surface area (Å²) in [6, 6.07) is 16.5. The number of hydrogen-bond donors (Lipinski definition) is 1. The summed E-state index contributed by atoms with van der Waals surface area (Å²) in [6.07, 6.45) is 3.77. The first kappa shape index (κ1) is 19.9. The van der Waals surface area contributed by atoms with E-state index in [-0.39, 0.29) is 11.6 Å². The lowest BCUT2D eigenvalue weighted by molar-refractivity contribution is -0.384. The van der Waals surface area contributed by atoms with Crippen LogP contribution in [0.1, 0.15) is 21.7 Å². The molecule has 8 heteroatoms. The van der Waals surface area contributed by atoms with E-state index < -0.39 is 4.92 Å². The predicted molar refractivity (Wildman–Crippen MR) is 117 cm³/mol. The molecule has 7 nitrogen and oxygen atoms in total. The molecule has 1 aliphatic rings. The molecule has 0 unspecified atom stereocenters. The van der Waals surface area contributed by atoms with Gasteiger partial charge in [0.15, 0.2) is 5.13 Å². The van der Waals surface area contributed by atoms with Gasteiger partial charge in [-0.2, -0.15) is 0 Å². The fraction of sp³-hybridized carbons (Fsp3) is 0.182. The molecule has 0 fully saturated rings. The minimum absolute atomic E-state index is 0.00906. The lowest BCUT2D eigenvalue weighted by Crippen LogP contribution is -2.29. The molecule has 0 spiro atoms. The Bertz CT molecular complexity index is 1090. The average molecular weight is 420 g/mol. The van der Waals surface area contributed by atoms with E-state index in [4.69, 9.17) is 0 Å². The first-order chi connectivity index (χ1) is 14.6. The molecule has 2 aromatic carbocycles. The molecule has 1 aliphatic heterocycles. The van der Waals surface area contributed by atoms with Gasteiger partial charge >= 0.3 is 0 Å². The molecule has 1 N–H and O–H groups in total. The van der Waals surface area contributed by atoms with Gasteiger partial charge in [-0.05, 0) is 17.2 Å². The molecule has 0 saturated heterocycles. The standard InChI is InChI=1S/C22H20N4O3S/c27-21(10-9-16-7-4-8-18(13-16)26(28)29)24-22-23-19-11-12-25(15-20(19)30-22)14-17-5-2-1-3-6-17/h1-10,13H,11-12,14-15H2,(H,23,24,27)/b10-9+. The van der Waals surface area contributed by atoms with Gasteiger partial charge in [0, 0.05) is 49.1 Å². The summed E-state index contributed by atoms with van der Waals surface area (Å²) in [7, 11) is 0. The van der Waals surface area contributed by atoms with Crippen molar-refractivity contribution < 1.29 is 9.72 Å². The van der Waals surface area contributed by atoms with Gasteiger partial charge in [-0.15, -0.1) is 11.3 Å². The number of rotatable bonds is 6. The van der Waals surface area contributed by atoms with Crippen LogP contribution >= 0.6 is 11.3 Å². The van der Waals surface area contributed by atoms with Gasteiger partial charge in [-0.3, -0.25) is 25.1 Å². The minimum atomic E-state index is -0.460. The van der Waals surface area contributed by atoms with Crippen LogP contribution < -0.4 is 5.32 Å². The number of nitrogens with zero attached hydrogens (tertiary/aromatic N) is 3. The molecular formula is C22H20N4O3S. The number of nitro benzene ring substituents is 1. The fourth-order valence-corrected chi connectivity index (χ4v) is 4.39. The average Bonchev–Trinajstić information content (AvgIpc) is 3.14. The number of amides is 1. The second-order valence-electron chi connectivity index (χ2n) is 7.01. The van der Waals surface area contributed by atoms with Gasteiger partial charge in [0.05, 0.1) is 10.6 Å². The number of carbonyl (C=O) groups excluding carboxylic acids is 1. The number of fused-ring (bicyclic) bond motifs is 1. The van der Waals surface area contributed by atoms with E-state index in [1.54, 1.807) is 18.2 Å². The molecule has 1 amide bonds. The molecule has 0 saturated carbocycles. The van der Waals surface area contributed by atoms with Gasteiger partial charge in [0.2, 0.25) is 5.91 Å². The summed E-state index contributed by atoms with van der Waals surface area (Å²) in [5, 5.41) is 14.2. The van der Waals surface area contributed by atoms with Gasteiger partial charge in [-0.25, -0.2) is 4.98 Å². The lowest BCUT2D eigenvalue weighted by atomic mass is 10.1. The van der Waals surface area contributed by atoms with Crippen LogP contribution in [0.4, 0.5) is 10.8 Å². The monoisotopic (exact) mass is 420 g/mol. The molecule has 0 bridgehead atoms. The van der Waals surface area contributed by atoms with E-state index in [1.807, 2.05) is 18.2 Å². The quantitative estimate of drug-likeness (QED) is 0.366. The van der Waals surface area contributed by atoms with Crippen LogP contribution in [0.2, 0.25) is 0 Å². The largest absolute Gasteiger partial charge is 0.298 e. The molecule has 30 heavy (non-hydrogen) atoms. The maximum absolute atomic E-state index is 12.2. The molecule has 0 aliphatic carbocycles. The summed E-state index contributed by atoms with van der Waals surface area (Å²) in [6.45, 7) is 2.65. The summed E-state index contributed by atoms with van der Waals surface area (Å²) in [5.74, 6) is -0.311. The Labute approximate surface area is 177 Å². The highest BCUT2D eigenvalue weighted by Gasteiger charge is 2.21. The van der Waals surface area contributed by atoms with Gasteiger partial charge < -0.3 is 0 Å². The highest BCUT2D eigenvalue weighted by atomic mass is 32.1. The third kappa shape index (κ3) is 4.97. The summed E-state index contributed by atoms with van der Waals surface area (Å²) in [4.78, 5) is 30.7. The van der Waals surface area contributed by atoms with Gasteiger partial charge in [0.25, 0.3) is 5.69 Å². The van der Waals surface area contributed by atoms with E-state index in [9.17, 15) is 14.9 Å². The van der Waals surface area contributed by atoms with E-state index >= 15 is 0 Å². The second kappa shape index (κ2) is 8.98.